The molecule has 144 valence electrons. The number of rotatable bonds is 4. The second-order valence-corrected chi connectivity index (χ2v) is 8.25. The van der Waals surface area contributed by atoms with E-state index in [2.05, 4.69) is 4.99 Å². The normalized spacial score (nSPS) is 16.8. The number of carbonyl (C=O) groups excluding carboxylic acids is 1. The molecule has 8 heteroatoms. The number of hydrogen-bond acceptors (Lipinski definition) is 7. The fraction of sp³-hybridized carbons (Fsp3) is 0.250. The summed E-state index contributed by atoms with van der Waals surface area (Å²) in [6, 6.07) is 6.94. The third-order valence-corrected chi connectivity index (χ3v) is 6.27. The molecule has 0 saturated heterocycles. The fourth-order valence-corrected chi connectivity index (χ4v) is 5.02. The average molecular weight is 415 g/mol. The molecular formula is C20H18N2O4S2. The molecule has 0 fully saturated rings. The van der Waals surface area contributed by atoms with E-state index in [0.717, 1.165) is 10.6 Å². The number of thiophene rings is 1. The summed E-state index contributed by atoms with van der Waals surface area (Å²) in [4.78, 5) is 31.9. The average Bonchev–Trinajstić information content (AvgIpc) is 3.37. The number of aryl methyl sites for hydroxylation is 1. The maximum atomic E-state index is 13.2. The Kier molecular flexibility index (Phi) is 4.91. The Labute approximate surface area is 168 Å². The van der Waals surface area contributed by atoms with Crippen LogP contribution in [0.2, 0.25) is 0 Å². The van der Waals surface area contributed by atoms with Crippen LogP contribution in [0.15, 0.2) is 55.1 Å². The van der Waals surface area contributed by atoms with Crippen molar-refractivity contribution in [2.75, 3.05) is 6.61 Å². The van der Waals surface area contributed by atoms with Crippen molar-refractivity contribution in [1.29, 1.82) is 0 Å². The van der Waals surface area contributed by atoms with Gasteiger partial charge in [0.05, 0.1) is 22.4 Å². The van der Waals surface area contributed by atoms with Crippen LogP contribution in [-0.4, -0.2) is 17.1 Å². The highest BCUT2D eigenvalue weighted by Crippen LogP contribution is 2.33. The lowest BCUT2D eigenvalue weighted by Crippen LogP contribution is -2.39. The molecule has 1 aliphatic rings. The molecule has 0 aliphatic carbocycles. The molecule has 3 aromatic rings. The first-order valence-corrected chi connectivity index (χ1v) is 10.5. The fourth-order valence-electron chi connectivity index (χ4n) is 3.17. The molecule has 0 amide bonds. The van der Waals surface area contributed by atoms with Crippen molar-refractivity contribution >= 4 is 34.7 Å². The van der Waals surface area contributed by atoms with Gasteiger partial charge in [-0.05, 0) is 44.4 Å². The maximum absolute atomic E-state index is 13.2. The highest BCUT2D eigenvalue weighted by molar-refractivity contribution is 7.10. The molecule has 3 aromatic heterocycles. The van der Waals surface area contributed by atoms with Gasteiger partial charge in [-0.3, -0.25) is 9.36 Å². The zero-order valence-corrected chi connectivity index (χ0v) is 17.2. The lowest BCUT2D eigenvalue weighted by molar-refractivity contribution is -0.139. The molecule has 4 heterocycles. The minimum Gasteiger partial charge on any atom is -0.463 e. The van der Waals surface area contributed by atoms with Crippen LogP contribution in [0.25, 0.3) is 6.08 Å². The molecule has 0 saturated carbocycles. The molecule has 0 aromatic carbocycles. The molecule has 0 unspecified atom stereocenters. The zero-order chi connectivity index (χ0) is 19.8. The predicted octanol–water partition coefficient (Wildman–Crippen LogP) is 2.76. The third kappa shape index (κ3) is 3.18. The van der Waals surface area contributed by atoms with Gasteiger partial charge in [0.1, 0.15) is 17.6 Å². The summed E-state index contributed by atoms with van der Waals surface area (Å²) >= 11 is 2.78. The van der Waals surface area contributed by atoms with Crippen LogP contribution in [0.5, 0.6) is 0 Å². The highest BCUT2D eigenvalue weighted by Gasteiger charge is 2.33. The molecule has 0 bridgehead atoms. The first-order chi connectivity index (χ1) is 13.5. The molecule has 4 rings (SSSR count). The second-order valence-electron chi connectivity index (χ2n) is 6.27. The van der Waals surface area contributed by atoms with Gasteiger partial charge >= 0.3 is 5.97 Å². The smallest absolute Gasteiger partial charge is 0.338 e. The van der Waals surface area contributed by atoms with Gasteiger partial charge in [0.15, 0.2) is 4.80 Å². The standard InChI is InChI=1S/C20H18N2O4S2/c1-4-25-19(24)16-12(3)21-20-22(17(16)14-6-5-9-27-14)18(23)15(28-20)10-13-8-7-11(2)26-13/h5-10,17H,4H2,1-3H3/b15-10+/t17-/m0/s1. The second kappa shape index (κ2) is 7.37. The van der Waals surface area contributed by atoms with Gasteiger partial charge in [-0.2, -0.15) is 0 Å². The monoisotopic (exact) mass is 414 g/mol. The van der Waals surface area contributed by atoms with Crippen LogP contribution in [0.3, 0.4) is 0 Å². The Hall–Kier alpha value is -2.71. The topological polar surface area (TPSA) is 73.8 Å². The Balaban J connectivity index is 1.95. The molecule has 1 aliphatic heterocycles. The van der Waals surface area contributed by atoms with Crippen LogP contribution in [-0.2, 0) is 9.53 Å². The summed E-state index contributed by atoms with van der Waals surface area (Å²) < 4.78 is 12.9. The highest BCUT2D eigenvalue weighted by atomic mass is 32.1. The van der Waals surface area contributed by atoms with Crippen molar-refractivity contribution in [2.45, 2.75) is 26.8 Å². The number of carbonyl (C=O) groups is 1. The number of furan rings is 1. The molecule has 0 radical (unpaired) electrons. The van der Waals surface area contributed by atoms with E-state index in [9.17, 15) is 9.59 Å². The molecule has 0 N–H and O–H groups in total. The maximum Gasteiger partial charge on any atom is 0.338 e. The van der Waals surface area contributed by atoms with Gasteiger partial charge in [-0.15, -0.1) is 11.3 Å². The lowest BCUT2D eigenvalue weighted by Gasteiger charge is -2.23. The number of allylic oxidation sites excluding steroid dienone is 1. The number of aromatic nitrogens is 1. The minimum atomic E-state index is -0.546. The number of thiazole rings is 1. The van der Waals surface area contributed by atoms with E-state index in [4.69, 9.17) is 9.15 Å². The van der Waals surface area contributed by atoms with Gasteiger partial charge in [0.2, 0.25) is 0 Å². The third-order valence-electron chi connectivity index (χ3n) is 4.36. The van der Waals surface area contributed by atoms with E-state index >= 15 is 0 Å². The summed E-state index contributed by atoms with van der Waals surface area (Å²) in [6.45, 7) is 5.65. The Morgan fingerprint density at radius 1 is 1.36 bits per heavy atom. The number of fused-ring (bicyclic) bond motifs is 1. The summed E-state index contributed by atoms with van der Waals surface area (Å²) in [6.07, 6.45) is 1.71. The first-order valence-electron chi connectivity index (χ1n) is 8.79. The van der Waals surface area contributed by atoms with Gasteiger partial charge in [0.25, 0.3) is 5.56 Å². The van der Waals surface area contributed by atoms with E-state index in [1.807, 2.05) is 36.6 Å². The van der Waals surface area contributed by atoms with Crippen LogP contribution in [0, 0.1) is 6.92 Å². The van der Waals surface area contributed by atoms with Crippen LogP contribution in [0.4, 0.5) is 0 Å². The van der Waals surface area contributed by atoms with Crippen molar-refractivity contribution in [1.82, 2.24) is 4.57 Å². The minimum absolute atomic E-state index is 0.203. The summed E-state index contributed by atoms with van der Waals surface area (Å²) in [5, 5.41) is 1.93. The number of nitrogens with zero attached hydrogens (tertiary/aromatic N) is 2. The number of esters is 1. The van der Waals surface area contributed by atoms with Crippen LogP contribution in [0.1, 0.15) is 36.3 Å². The molecule has 1 atom stereocenters. The van der Waals surface area contributed by atoms with Gasteiger partial charge in [-0.1, -0.05) is 17.4 Å². The van der Waals surface area contributed by atoms with Gasteiger partial charge in [0, 0.05) is 11.0 Å². The number of ether oxygens (including phenoxy) is 1. The Morgan fingerprint density at radius 2 is 2.18 bits per heavy atom. The zero-order valence-electron chi connectivity index (χ0n) is 15.6. The van der Waals surface area contributed by atoms with E-state index in [0.29, 0.717) is 26.4 Å². The lowest BCUT2D eigenvalue weighted by atomic mass is 10.0. The molecule has 0 spiro atoms. The first kappa shape index (κ1) is 18.6. The van der Waals surface area contributed by atoms with Crippen molar-refractivity contribution in [2.24, 2.45) is 4.99 Å². The quantitative estimate of drug-likeness (QED) is 0.616. The Morgan fingerprint density at radius 3 is 2.82 bits per heavy atom. The van der Waals surface area contributed by atoms with Crippen molar-refractivity contribution in [3.05, 3.63) is 77.0 Å². The summed E-state index contributed by atoms with van der Waals surface area (Å²) in [5.41, 5.74) is 0.765. The van der Waals surface area contributed by atoms with Crippen molar-refractivity contribution in [3.63, 3.8) is 0 Å². The Bertz CT molecular complexity index is 1240. The van der Waals surface area contributed by atoms with E-state index in [1.54, 1.807) is 24.5 Å². The van der Waals surface area contributed by atoms with E-state index in [1.165, 1.54) is 22.7 Å². The van der Waals surface area contributed by atoms with Gasteiger partial charge in [-0.25, -0.2) is 9.79 Å². The van der Waals surface area contributed by atoms with Crippen LogP contribution < -0.4 is 14.9 Å². The number of hydrogen-bond donors (Lipinski definition) is 0. The molecule has 28 heavy (non-hydrogen) atoms. The predicted molar refractivity (Wildman–Crippen MR) is 108 cm³/mol. The van der Waals surface area contributed by atoms with Gasteiger partial charge < -0.3 is 9.15 Å². The van der Waals surface area contributed by atoms with Crippen molar-refractivity contribution < 1.29 is 13.9 Å². The van der Waals surface area contributed by atoms with Crippen LogP contribution >= 0.6 is 22.7 Å². The SMILES string of the molecule is CCOC(=O)C1=C(C)N=c2s/c(=C/c3ccc(C)o3)c(=O)n2[C@H]1c1cccs1. The summed E-state index contributed by atoms with van der Waals surface area (Å²) in [7, 11) is 0. The molecule has 6 nitrogen and oxygen atoms in total. The molecular weight excluding hydrogens is 396 g/mol. The van der Waals surface area contributed by atoms with Crippen molar-refractivity contribution in [3.8, 4) is 0 Å². The van der Waals surface area contributed by atoms with E-state index in [-0.39, 0.29) is 12.2 Å². The summed E-state index contributed by atoms with van der Waals surface area (Å²) in [5.74, 6) is 0.936. The largest absolute Gasteiger partial charge is 0.463 e. The van der Waals surface area contributed by atoms with E-state index < -0.39 is 12.0 Å².